The van der Waals surface area contributed by atoms with Crippen LogP contribution in [0.3, 0.4) is 0 Å². The number of rotatable bonds is 4. The summed E-state index contributed by atoms with van der Waals surface area (Å²) in [7, 11) is 0. The average molecular weight is 272 g/mol. The van der Waals surface area contributed by atoms with E-state index in [1.54, 1.807) is 4.90 Å². The molecule has 0 spiro atoms. The van der Waals surface area contributed by atoms with Gasteiger partial charge in [-0.15, -0.1) is 0 Å². The van der Waals surface area contributed by atoms with Gasteiger partial charge >= 0.3 is 0 Å². The topological polar surface area (TPSA) is 49.4 Å². The molecule has 1 aromatic rings. The summed E-state index contributed by atoms with van der Waals surface area (Å²) in [6.45, 7) is 2.60. The number of hydrogen-bond acceptors (Lipinski definition) is 2. The van der Waals surface area contributed by atoms with Crippen molar-refractivity contribution in [2.75, 3.05) is 11.4 Å². The maximum atomic E-state index is 12.1. The third-order valence-corrected chi connectivity index (χ3v) is 4.05. The Morgan fingerprint density at radius 1 is 1.40 bits per heavy atom. The summed E-state index contributed by atoms with van der Waals surface area (Å²) >= 11 is 0. The lowest BCUT2D eigenvalue weighted by Crippen LogP contribution is -2.34. The van der Waals surface area contributed by atoms with E-state index in [0.717, 1.165) is 24.9 Å². The van der Waals surface area contributed by atoms with Crippen LogP contribution in [0.4, 0.5) is 5.69 Å². The lowest BCUT2D eigenvalue weighted by molar-refractivity contribution is -0.126. The molecule has 2 aliphatic rings. The van der Waals surface area contributed by atoms with Gasteiger partial charge in [0, 0.05) is 24.7 Å². The smallest absolute Gasteiger partial charge is 0.227 e. The molecular formula is C16H20N2O2. The molecule has 3 rings (SSSR count). The van der Waals surface area contributed by atoms with Crippen LogP contribution in [-0.2, 0) is 16.0 Å². The maximum Gasteiger partial charge on any atom is 0.227 e. The number of nitrogens with one attached hydrogen (secondary N) is 1. The van der Waals surface area contributed by atoms with Crippen molar-refractivity contribution in [1.82, 2.24) is 5.32 Å². The van der Waals surface area contributed by atoms with E-state index in [0.29, 0.717) is 19.0 Å². The molecule has 2 fully saturated rings. The van der Waals surface area contributed by atoms with Gasteiger partial charge in [-0.25, -0.2) is 0 Å². The predicted molar refractivity (Wildman–Crippen MR) is 77.4 cm³/mol. The predicted octanol–water partition coefficient (Wildman–Crippen LogP) is 1.88. The highest BCUT2D eigenvalue weighted by Crippen LogP contribution is 2.27. The largest absolute Gasteiger partial charge is 0.353 e. The van der Waals surface area contributed by atoms with Crippen molar-refractivity contribution < 1.29 is 9.59 Å². The Kier molecular flexibility index (Phi) is 3.47. The Labute approximate surface area is 119 Å². The first-order valence-corrected chi connectivity index (χ1v) is 7.37. The fraction of sp³-hybridized carbons (Fsp3) is 0.500. The molecule has 0 unspecified atom stereocenters. The highest BCUT2D eigenvalue weighted by molar-refractivity contribution is 6.00. The highest BCUT2D eigenvalue weighted by Gasteiger charge is 2.37. The molecule has 106 valence electrons. The lowest BCUT2D eigenvalue weighted by Gasteiger charge is -2.17. The van der Waals surface area contributed by atoms with E-state index in [4.69, 9.17) is 0 Å². The molecule has 2 amide bonds. The van der Waals surface area contributed by atoms with Gasteiger partial charge in [0.15, 0.2) is 0 Å². The molecule has 1 heterocycles. The molecule has 4 nitrogen and oxygen atoms in total. The van der Waals surface area contributed by atoms with E-state index in [-0.39, 0.29) is 17.7 Å². The van der Waals surface area contributed by atoms with Crippen LogP contribution in [-0.4, -0.2) is 24.4 Å². The van der Waals surface area contributed by atoms with E-state index < -0.39 is 0 Å². The van der Waals surface area contributed by atoms with Crippen LogP contribution >= 0.6 is 0 Å². The van der Waals surface area contributed by atoms with Crippen LogP contribution < -0.4 is 10.2 Å². The Morgan fingerprint density at radius 3 is 2.90 bits per heavy atom. The summed E-state index contributed by atoms with van der Waals surface area (Å²) < 4.78 is 0. The number of carbonyl (C=O) groups excluding carboxylic acids is 2. The summed E-state index contributed by atoms with van der Waals surface area (Å²) in [6.07, 6.45) is 3.43. The van der Waals surface area contributed by atoms with E-state index >= 15 is 0 Å². The first-order valence-electron chi connectivity index (χ1n) is 7.37. The molecule has 1 saturated heterocycles. The molecule has 1 saturated carbocycles. The number of carbonyl (C=O) groups is 2. The first kappa shape index (κ1) is 13.2. The quantitative estimate of drug-likeness (QED) is 0.910. The molecule has 1 N–H and O–H groups in total. The van der Waals surface area contributed by atoms with Crippen LogP contribution in [0.2, 0.25) is 0 Å². The number of anilines is 1. The van der Waals surface area contributed by atoms with Crippen LogP contribution in [0.25, 0.3) is 0 Å². The second kappa shape index (κ2) is 5.27. The van der Waals surface area contributed by atoms with Crippen molar-refractivity contribution in [1.29, 1.82) is 0 Å². The molecule has 20 heavy (non-hydrogen) atoms. The molecule has 1 atom stereocenters. The molecule has 0 aromatic heterocycles. The van der Waals surface area contributed by atoms with Gasteiger partial charge in [0.05, 0.1) is 5.92 Å². The first-order chi connectivity index (χ1) is 9.67. The SMILES string of the molecule is CCc1cccc(N2C[C@@H](C(=O)NC3CC3)CC2=O)c1. The molecule has 1 aromatic carbocycles. The van der Waals surface area contributed by atoms with Crippen molar-refractivity contribution in [3.05, 3.63) is 29.8 Å². The van der Waals surface area contributed by atoms with Gasteiger partial charge < -0.3 is 10.2 Å². The van der Waals surface area contributed by atoms with Crippen molar-refractivity contribution in [3.63, 3.8) is 0 Å². The van der Waals surface area contributed by atoms with Crippen molar-refractivity contribution >= 4 is 17.5 Å². The zero-order valence-electron chi connectivity index (χ0n) is 11.8. The summed E-state index contributed by atoms with van der Waals surface area (Å²) in [5, 5.41) is 2.99. The van der Waals surface area contributed by atoms with E-state index in [2.05, 4.69) is 18.3 Å². The standard InChI is InChI=1S/C16H20N2O2/c1-2-11-4-3-5-14(8-11)18-10-12(9-15(18)19)16(20)17-13-6-7-13/h3-5,8,12-13H,2,6-7,9-10H2,1H3,(H,17,20)/t12-/m0/s1. The molecular weight excluding hydrogens is 252 g/mol. The molecule has 1 aliphatic carbocycles. The van der Waals surface area contributed by atoms with Crippen LogP contribution in [0.1, 0.15) is 31.7 Å². The Morgan fingerprint density at radius 2 is 2.20 bits per heavy atom. The zero-order valence-corrected chi connectivity index (χ0v) is 11.8. The lowest BCUT2D eigenvalue weighted by atomic mass is 10.1. The van der Waals surface area contributed by atoms with Gasteiger partial charge in [0.25, 0.3) is 0 Å². The number of hydrogen-bond donors (Lipinski definition) is 1. The van der Waals surface area contributed by atoms with Gasteiger partial charge in [-0.2, -0.15) is 0 Å². The van der Waals surface area contributed by atoms with Gasteiger partial charge in [0.1, 0.15) is 0 Å². The van der Waals surface area contributed by atoms with Crippen LogP contribution in [0, 0.1) is 5.92 Å². The fourth-order valence-corrected chi connectivity index (χ4v) is 2.62. The number of benzene rings is 1. The summed E-state index contributed by atoms with van der Waals surface area (Å²) in [6, 6.07) is 8.37. The van der Waals surface area contributed by atoms with Crippen LogP contribution in [0.5, 0.6) is 0 Å². The average Bonchev–Trinajstić information content (AvgIpc) is 3.18. The molecule has 4 heteroatoms. The Balaban J connectivity index is 1.70. The van der Waals surface area contributed by atoms with Crippen molar-refractivity contribution in [2.45, 2.75) is 38.6 Å². The summed E-state index contributed by atoms with van der Waals surface area (Å²) in [5.41, 5.74) is 2.12. The van der Waals surface area contributed by atoms with Gasteiger partial charge in [0.2, 0.25) is 11.8 Å². The second-order valence-electron chi connectivity index (χ2n) is 5.71. The van der Waals surface area contributed by atoms with E-state index in [9.17, 15) is 9.59 Å². The molecule has 1 aliphatic heterocycles. The number of nitrogens with zero attached hydrogens (tertiary/aromatic N) is 1. The van der Waals surface area contributed by atoms with Crippen molar-refractivity contribution in [2.24, 2.45) is 5.92 Å². The van der Waals surface area contributed by atoms with E-state index in [1.165, 1.54) is 5.56 Å². The minimum Gasteiger partial charge on any atom is -0.353 e. The maximum absolute atomic E-state index is 12.1. The fourth-order valence-electron chi connectivity index (χ4n) is 2.62. The molecule has 0 radical (unpaired) electrons. The van der Waals surface area contributed by atoms with Gasteiger partial charge in [-0.05, 0) is 37.0 Å². The van der Waals surface area contributed by atoms with Crippen molar-refractivity contribution in [3.8, 4) is 0 Å². The Hall–Kier alpha value is -1.84. The number of amides is 2. The highest BCUT2D eigenvalue weighted by atomic mass is 16.2. The van der Waals surface area contributed by atoms with E-state index in [1.807, 2.05) is 18.2 Å². The summed E-state index contributed by atoms with van der Waals surface area (Å²) in [5.74, 6) is -0.113. The monoisotopic (exact) mass is 272 g/mol. The third-order valence-electron chi connectivity index (χ3n) is 4.05. The number of aryl methyl sites for hydroxylation is 1. The van der Waals surface area contributed by atoms with Gasteiger partial charge in [-0.3, -0.25) is 9.59 Å². The normalized spacial score (nSPS) is 22.1. The molecule has 0 bridgehead atoms. The third kappa shape index (κ3) is 2.69. The Bertz CT molecular complexity index is 537. The van der Waals surface area contributed by atoms with Crippen LogP contribution in [0.15, 0.2) is 24.3 Å². The minimum atomic E-state index is -0.201. The second-order valence-corrected chi connectivity index (χ2v) is 5.71. The minimum absolute atomic E-state index is 0.0370. The summed E-state index contributed by atoms with van der Waals surface area (Å²) in [4.78, 5) is 25.9. The zero-order chi connectivity index (χ0) is 14.1. The van der Waals surface area contributed by atoms with Gasteiger partial charge in [-0.1, -0.05) is 19.1 Å².